The summed E-state index contributed by atoms with van der Waals surface area (Å²) in [6.07, 6.45) is 3.57. The van der Waals surface area contributed by atoms with Crippen molar-refractivity contribution in [2.45, 2.75) is 38.8 Å². The zero-order chi connectivity index (χ0) is 15.6. The minimum atomic E-state index is -3.48. The third-order valence-electron chi connectivity index (χ3n) is 3.60. The third-order valence-corrected chi connectivity index (χ3v) is 5.40. The summed E-state index contributed by atoms with van der Waals surface area (Å²) in [5.74, 6) is 0. The van der Waals surface area contributed by atoms with Gasteiger partial charge in [0.1, 0.15) is 0 Å². The molecule has 0 spiro atoms. The highest BCUT2D eigenvalue weighted by atomic mass is 32.2. The van der Waals surface area contributed by atoms with Crippen LogP contribution in [0.2, 0.25) is 0 Å². The highest BCUT2D eigenvalue weighted by Gasteiger charge is 2.21. The van der Waals surface area contributed by atoms with Gasteiger partial charge in [-0.3, -0.25) is 4.68 Å². The lowest BCUT2D eigenvalue weighted by Crippen LogP contribution is -2.26. The van der Waals surface area contributed by atoms with Crippen molar-refractivity contribution in [1.29, 1.82) is 0 Å². The first-order valence-electron chi connectivity index (χ1n) is 6.89. The highest BCUT2D eigenvalue weighted by molar-refractivity contribution is 7.89. The van der Waals surface area contributed by atoms with Gasteiger partial charge in [-0.25, -0.2) is 8.42 Å². The average Bonchev–Trinajstić information content (AvgIpc) is 2.89. The fraction of sp³-hybridized carbons (Fsp3) is 0.400. The minimum absolute atomic E-state index is 0.315. The molecule has 2 rings (SSSR count). The quantitative estimate of drug-likeness (QED) is 0.852. The van der Waals surface area contributed by atoms with Crippen molar-refractivity contribution in [3.05, 3.63) is 47.3 Å². The van der Waals surface area contributed by atoms with Gasteiger partial charge in [0, 0.05) is 31.9 Å². The Morgan fingerprint density at radius 3 is 2.52 bits per heavy atom. The molecule has 2 aromatic rings. The normalized spacial score (nSPS) is 12.0. The van der Waals surface area contributed by atoms with Gasteiger partial charge in [0.2, 0.25) is 10.0 Å². The zero-order valence-electron chi connectivity index (χ0n) is 12.9. The fourth-order valence-electron chi connectivity index (χ4n) is 2.06. The summed E-state index contributed by atoms with van der Waals surface area (Å²) >= 11 is 0. The van der Waals surface area contributed by atoms with Crippen LogP contribution in [0.15, 0.2) is 35.5 Å². The monoisotopic (exact) mass is 307 g/mol. The van der Waals surface area contributed by atoms with Gasteiger partial charge in [-0.05, 0) is 44.0 Å². The molecule has 0 fully saturated rings. The molecule has 1 aromatic heterocycles. The van der Waals surface area contributed by atoms with Crippen LogP contribution in [0.5, 0.6) is 0 Å². The second-order valence-electron chi connectivity index (χ2n) is 5.21. The number of aromatic nitrogens is 2. The van der Waals surface area contributed by atoms with E-state index in [1.807, 2.05) is 33.0 Å². The number of nitrogens with zero attached hydrogens (tertiary/aromatic N) is 3. The molecular weight excluding hydrogens is 286 g/mol. The maximum Gasteiger partial charge on any atom is 0.243 e. The van der Waals surface area contributed by atoms with Gasteiger partial charge in [0.05, 0.1) is 11.1 Å². The van der Waals surface area contributed by atoms with E-state index < -0.39 is 10.0 Å². The van der Waals surface area contributed by atoms with Crippen molar-refractivity contribution in [1.82, 2.24) is 14.1 Å². The SMILES string of the molecule is CCn1cc(CN(C)S(=O)(=O)c2ccc(C)c(C)c2)cn1. The van der Waals surface area contributed by atoms with Crippen LogP contribution in [-0.4, -0.2) is 29.6 Å². The van der Waals surface area contributed by atoms with Crippen LogP contribution < -0.4 is 0 Å². The summed E-state index contributed by atoms with van der Waals surface area (Å²) < 4.78 is 28.3. The molecule has 0 aliphatic rings. The molecule has 0 N–H and O–H groups in total. The topological polar surface area (TPSA) is 55.2 Å². The Morgan fingerprint density at radius 1 is 1.24 bits per heavy atom. The summed E-state index contributed by atoms with van der Waals surface area (Å²) in [5.41, 5.74) is 2.94. The van der Waals surface area contributed by atoms with Crippen LogP contribution in [-0.2, 0) is 23.1 Å². The van der Waals surface area contributed by atoms with Gasteiger partial charge in [-0.1, -0.05) is 6.07 Å². The predicted molar refractivity (Wildman–Crippen MR) is 82.5 cm³/mol. The van der Waals surface area contributed by atoms with Gasteiger partial charge in [-0.15, -0.1) is 0 Å². The van der Waals surface area contributed by atoms with E-state index in [0.717, 1.165) is 23.2 Å². The molecule has 0 aliphatic heterocycles. The molecule has 0 aliphatic carbocycles. The van der Waals surface area contributed by atoms with Gasteiger partial charge < -0.3 is 0 Å². The second-order valence-corrected chi connectivity index (χ2v) is 7.26. The largest absolute Gasteiger partial charge is 0.273 e. The van der Waals surface area contributed by atoms with E-state index in [4.69, 9.17) is 0 Å². The minimum Gasteiger partial charge on any atom is -0.273 e. The van der Waals surface area contributed by atoms with Gasteiger partial charge in [0.25, 0.3) is 0 Å². The summed E-state index contributed by atoms with van der Waals surface area (Å²) in [7, 11) is -1.89. The number of hydrogen-bond acceptors (Lipinski definition) is 3. The van der Waals surface area contributed by atoms with Crippen LogP contribution in [0, 0.1) is 13.8 Å². The summed E-state index contributed by atoms with van der Waals surface area (Å²) in [4.78, 5) is 0.330. The Bertz CT molecular complexity index is 735. The number of hydrogen-bond donors (Lipinski definition) is 0. The Kier molecular flexibility index (Phi) is 4.49. The Labute approximate surface area is 126 Å². The van der Waals surface area contributed by atoms with Crippen molar-refractivity contribution < 1.29 is 8.42 Å². The van der Waals surface area contributed by atoms with Crippen LogP contribution in [0.3, 0.4) is 0 Å². The molecule has 0 unspecified atom stereocenters. The van der Waals surface area contributed by atoms with Gasteiger partial charge in [0.15, 0.2) is 0 Å². The van der Waals surface area contributed by atoms with E-state index >= 15 is 0 Å². The molecule has 0 amide bonds. The van der Waals surface area contributed by atoms with E-state index in [-0.39, 0.29) is 0 Å². The molecular formula is C15H21N3O2S. The fourth-order valence-corrected chi connectivity index (χ4v) is 3.30. The Balaban J connectivity index is 2.23. The smallest absolute Gasteiger partial charge is 0.243 e. The van der Waals surface area contributed by atoms with Crippen LogP contribution in [0.4, 0.5) is 0 Å². The number of rotatable bonds is 5. The molecule has 0 bridgehead atoms. The number of aryl methyl sites for hydroxylation is 3. The van der Waals surface area contributed by atoms with Crippen LogP contribution in [0.1, 0.15) is 23.6 Å². The standard InChI is InChI=1S/C15H21N3O2S/c1-5-18-11-14(9-16-18)10-17(4)21(19,20)15-7-6-12(2)13(3)8-15/h6-9,11H,5,10H2,1-4H3. The number of sulfonamides is 1. The first-order chi connectivity index (χ1) is 9.84. The zero-order valence-corrected chi connectivity index (χ0v) is 13.7. The van der Waals surface area contributed by atoms with Crippen molar-refractivity contribution >= 4 is 10.0 Å². The summed E-state index contributed by atoms with van der Waals surface area (Å²) in [5, 5.41) is 4.16. The lowest BCUT2D eigenvalue weighted by molar-refractivity contribution is 0.466. The molecule has 114 valence electrons. The van der Waals surface area contributed by atoms with Gasteiger partial charge >= 0.3 is 0 Å². The van der Waals surface area contributed by atoms with Crippen LogP contribution >= 0.6 is 0 Å². The van der Waals surface area contributed by atoms with Crippen molar-refractivity contribution in [3.8, 4) is 0 Å². The third kappa shape index (κ3) is 3.33. The highest BCUT2D eigenvalue weighted by Crippen LogP contribution is 2.19. The van der Waals surface area contributed by atoms with E-state index in [9.17, 15) is 8.42 Å². The summed E-state index contributed by atoms with van der Waals surface area (Å²) in [6.45, 7) is 6.96. The second kappa shape index (κ2) is 5.99. The molecule has 1 aromatic carbocycles. The first-order valence-corrected chi connectivity index (χ1v) is 8.33. The number of benzene rings is 1. The predicted octanol–water partition coefficient (Wildman–Crippen LogP) is 2.34. The van der Waals surface area contributed by atoms with Crippen molar-refractivity contribution in [3.63, 3.8) is 0 Å². The molecule has 1 heterocycles. The Hall–Kier alpha value is -1.66. The van der Waals surface area contributed by atoms with E-state index in [0.29, 0.717) is 11.4 Å². The van der Waals surface area contributed by atoms with Crippen molar-refractivity contribution in [2.24, 2.45) is 0 Å². The molecule has 5 nitrogen and oxygen atoms in total. The molecule has 0 radical (unpaired) electrons. The Morgan fingerprint density at radius 2 is 1.95 bits per heavy atom. The molecule has 6 heteroatoms. The molecule has 0 atom stereocenters. The van der Waals surface area contributed by atoms with Crippen LogP contribution in [0.25, 0.3) is 0 Å². The summed E-state index contributed by atoms with van der Waals surface area (Å²) in [6, 6.07) is 5.21. The molecule has 0 saturated carbocycles. The van der Waals surface area contributed by atoms with E-state index in [1.54, 1.807) is 30.1 Å². The molecule has 21 heavy (non-hydrogen) atoms. The lowest BCUT2D eigenvalue weighted by Gasteiger charge is -2.17. The van der Waals surface area contributed by atoms with E-state index in [2.05, 4.69) is 5.10 Å². The maximum absolute atomic E-state index is 12.6. The van der Waals surface area contributed by atoms with E-state index in [1.165, 1.54) is 4.31 Å². The van der Waals surface area contributed by atoms with Crippen molar-refractivity contribution in [2.75, 3.05) is 7.05 Å². The first kappa shape index (κ1) is 15.7. The van der Waals surface area contributed by atoms with Gasteiger partial charge in [-0.2, -0.15) is 9.40 Å². The lowest BCUT2D eigenvalue weighted by atomic mass is 10.1. The average molecular weight is 307 g/mol. The maximum atomic E-state index is 12.6. The molecule has 0 saturated heterocycles.